The van der Waals surface area contributed by atoms with Crippen molar-refractivity contribution in [3.8, 4) is 11.5 Å². The Bertz CT molecular complexity index is 732. The molecule has 2 aromatic rings. The highest BCUT2D eigenvalue weighted by Gasteiger charge is 2.26. The molecule has 0 heterocycles. The Morgan fingerprint density at radius 1 is 1.04 bits per heavy atom. The zero-order valence-electron chi connectivity index (χ0n) is 16.0. The van der Waals surface area contributed by atoms with Gasteiger partial charge in [0.2, 0.25) is 5.91 Å². The minimum absolute atomic E-state index is 0.135. The van der Waals surface area contributed by atoms with E-state index in [0.29, 0.717) is 18.8 Å². The summed E-state index contributed by atoms with van der Waals surface area (Å²) in [7, 11) is 1.60. The molecule has 0 aromatic heterocycles. The van der Waals surface area contributed by atoms with Crippen LogP contribution in [0.25, 0.3) is 0 Å². The van der Waals surface area contributed by atoms with Crippen LogP contribution in [0, 0.1) is 0 Å². The van der Waals surface area contributed by atoms with Gasteiger partial charge in [0, 0.05) is 13.1 Å². The Kier molecular flexibility index (Phi) is 7.67. The Morgan fingerprint density at radius 3 is 2.30 bits per heavy atom. The first kappa shape index (κ1) is 20.3. The number of likely N-dealkylation sites (N-methyl/N-ethyl adjacent to an activating group) is 1. The van der Waals surface area contributed by atoms with E-state index in [2.05, 4.69) is 5.32 Å². The smallest absolute Gasteiger partial charge is 0.261 e. The largest absolute Gasteiger partial charge is 0.497 e. The fourth-order valence-electron chi connectivity index (χ4n) is 2.58. The van der Waals surface area contributed by atoms with E-state index in [1.807, 2.05) is 49.4 Å². The third-order valence-electron chi connectivity index (χ3n) is 4.14. The van der Waals surface area contributed by atoms with Crippen LogP contribution in [-0.4, -0.2) is 43.0 Å². The van der Waals surface area contributed by atoms with Crippen molar-refractivity contribution in [3.63, 3.8) is 0 Å². The molecule has 144 valence electrons. The summed E-state index contributed by atoms with van der Waals surface area (Å²) in [6.07, 6.45) is 0. The van der Waals surface area contributed by atoms with Crippen molar-refractivity contribution in [2.45, 2.75) is 26.4 Å². The van der Waals surface area contributed by atoms with Gasteiger partial charge in [0.25, 0.3) is 5.91 Å². The van der Waals surface area contributed by atoms with Gasteiger partial charge < -0.3 is 19.7 Å². The summed E-state index contributed by atoms with van der Waals surface area (Å²) in [6, 6.07) is 15.9. The van der Waals surface area contributed by atoms with E-state index in [1.165, 1.54) is 4.90 Å². The maximum Gasteiger partial charge on any atom is 0.261 e. The van der Waals surface area contributed by atoms with Crippen molar-refractivity contribution in [1.82, 2.24) is 10.2 Å². The summed E-state index contributed by atoms with van der Waals surface area (Å²) in [5.41, 5.74) is 0.903. The van der Waals surface area contributed by atoms with Crippen LogP contribution in [0.1, 0.15) is 19.4 Å². The number of amides is 2. The molecule has 0 aliphatic heterocycles. The van der Waals surface area contributed by atoms with Gasteiger partial charge in [0.05, 0.1) is 7.11 Å². The molecule has 1 N–H and O–H groups in total. The molecule has 27 heavy (non-hydrogen) atoms. The van der Waals surface area contributed by atoms with E-state index in [9.17, 15) is 9.59 Å². The van der Waals surface area contributed by atoms with Crippen molar-refractivity contribution in [2.24, 2.45) is 0 Å². The summed E-state index contributed by atoms with van der Waals surface area (Å²) < 4.78 is 10.7. The average Bonchev–Trinajstić information content (AvgIpc) is 2.71. The van der Waals surface area contributed by atoms with Gasteiger partial charge >= 0.3 is 0 Å². The monoisotopic (exact) mass is 370 g/mol. The number of benzene rings is 2. The Balaban J connectivity index is 2.11. The first-order valence-electron chi connectivity index (χ1n) is 8.93. The predicted molar refractivity (Wildman–Crippen MR) is 104 cm³/mol. The number of carbonyl (C=O) groups excluding carboxylic acids is 2. The highest BCUT2D eigenvalue weighted by atomic mass is 16.5. The molecule has 0 fully saturated rings. The molecule has 1 atom stereocenters. The van der Waals surface area contributed by atoms with E-state index >= 15 is 0 Å². The lowest BCUT2D eigenvalue weighted by Crippen LogP contribution is -2.49. The fraction of sp³-hybridized carbons (Fsp3) is 0.333. The lowest BCUT2D eigenvalue weighted by atomic mass is 10.1. The second-order valence-corrected chi connectivity index (χ2v) is 6.04. The van der Waals surface area contributed by atoms with Gasteiger partial charge in [0.1, 0.15) is 17.5 Å². The zero-order valence-corrected chi connectivity index (χ0v) is 16.0. The molecule has 0 bridgehead atoms. The summed E-state index contributed by atoms with van der Waals surface area (Å²) in [6.45, 7) is 4.24. The van der Waals surface area contributed by atoms with Gasteiger partial charge in [-0.2, -0.15) is 0 Å². The van der Waals surface area contributed by atoms with Crippen LogP contribution in [0.3, 0.4) is 0 Å². The summed E-state index contributed by atoms with van der Waals surface area (Å²) >= 11 is 0. The first-order valence-corrected chi connectivity index (χ1v) is 8.93. The molecule has 0 saturated heterocycles. The molecule has 0 radical (unpaired) electrons. The highest BCUT2D eigenvalue weighted by molar-refractivity contribution is 5.87. The number of ether oxygens (including phenoxy) is 2. The Hall–Kier alpha value is -3.02. The van der Waals surface area contributed by atoms with Gasteiger partial charge in [-0.05, 0) is 43.7 Å². The van der Waals surface area contributed by atoms with Crippen LogP contribution in [0.5, 0.6) is 11.5 Å². The molecule has 1 unspecified atom stereocenters. The lowest BCUT2D eigenvalue weighted by Gasteiger charge is -2.28. The van der Waals surface area contributed by atoms with E-state index in [1.54, 1.807) is 26.2 Å². The van der Waals surface area contributed by atoms with Gasteiger partial charge in [-0.15, -0.1) is 0 Å². The lowest BCUT2D eigenvalue weighted by molar-refractivity contribution is -0.142. The van der Waals surface area contributed by atoms with Crippen LogP contribution in [-0.2, 0) is 16.1 Å². The number of methoxy groups -OCH3 is 1. The van der Waals surface area contributed by atoms with Crippen molar-refractivity contribution >= 4 is 11.8 Å². The third-order valence-corrected chi connectivity index (χ3v) is 4.14. The van der Waals surface area contributed by atoms with Crippen LogP contribution in [0.15, 0.2) is 54.6 Å². The van der Waals surface area contributed by atoms with E-state index in [0.717, 1.165) is 11.3 Å². The molecule has 2 rings (SSSR count). The van der Waals surface area contributed by atoms with Crippen molar-refractivity contribution in [3.05, 3.63) is 60.2 Å². The van der Waals surface area contributed by atoms with Gasteiger partial charge in [-0.1, -0.05) is 30.3 Å². The minimum Gasteiger partial charge on any atom is -0.497 e. The SMILES string of the molecule is CCNC(=O)C(C)N(Cc1ccc(OC)cc1)C(=O)COc1ccccc1. The number of nitrogens with zero attached hydrogens (tertiary/aromatic N) is 1. The molecule has 0 aliphatic carbocycles. The molecular weight excluding hydrogens is 344 g/mol. The van der Waals surface area contributed by atoms with E-state index in [4.69, 9.17) is 9.47 Å². The van der Waals surface area contributed by atoms with E-state index in [-0.39, 0.29) is 18.4 Å². The molecule has 6 nitrogen and oxygen atoms in total. The quantitative estimate of drug-likeness (QED) is 0.737. The van der Waals surface area contributed by atoms with Crippen LogP contribution in [0.4, 0.5) is 0 Å². The maximum atomic E-state index is 12.8. The number of rotatable bonds is 9. The van der Waals surface area contributed by atoms with E-state index < -0.39 is 6.04 Å². The minimum atomic E-state index is -0.612. The third kappa shape index (κ3) is 6.02. The second-order valence-electron chi connectivity index (χ2n) is 6.04. The molecule has 2 amide bonds. The van der Waals surface area contributed by atoms with Crippen molar-refractivity contribution < 1.29 is 19.1 Å². The molecular formula is C21H26N2O4. The van der Waals surface area contributed by atoms with Crippen molar-refractivity contribution in [2.75, 3.05) is 20.3 Å². The van der Waals surface area contributed by atoms with Crippen LogP contribution < -0.4 is 14.8 Å². The molecule has 6 heteroatoms. The average molecular weight is 370 g/mol. The molecule has 0 saturated carbocycles. The summed E-state index contributed by atoms with van der Waals surface area (Å²) in [5, 5.41) is 2.76. The molecule has 0 spiro atoms. The fourth-order valence-corrected chi connectivity index (χ4v) is 2.58. The predicted octanol–water partition coefficient (Wildman–Crippen LogP) is 2.63. The number of hydrogen-bond acceptors (Lipinski definition) is 4. The topological polar surface area (TPSA) is 67.9 Å². The van der Waals surface area contributed by atoms with Crippen LogP contribution in [0.2, 0.25) is 0 Å². The van der Waals surface area contributed by atoms with Gasteiger partial charge in [-0.3, -0.25) is 9.59 Å². The first-order chi connectivity index (χ1) is 13.0. The van der Waals surface area contributed by atoms with Gasteiger partial charge in [-0.25, -0.2) is 0 Å². The molecule has 0 aliphatic rings. The highest BCUT2D eigenvalue weighted by Crippen LogP contribution is 2.15. The Morgan fingerprint density at radius 2 is 1.70 bits per heavy atom. The van der Waals surface area contributed by atoms with Gasteiger partial charge in [0.15, 0.2) is 6.61 Å². The number of nitrogens with one attached hydrogen (secondary N) is 1. The standard InChI is InChI=1S/C21H26N2O4/c1-4-22-21(25)16(2)23(14-17-10-12-18(26-3)13-11-17)20(24)15-27-19-8-6-5-7-9-19/h5-13,16H,4,14-15H2,1-3H3,(H,22,25). The number of para-hydroxylation sites is 1. The Labute approximate surface area is 160 Å². The summed E-state index contributed by atoms with van der Waals surface area (Å²) in [4.78, 5) is 26.6. The zero-order chi connectivity index (χ0) is 19.6. The number of hydrogen-bond donors (Lipinski definition) is 1. The summed E-state index contributed by atoms with van der Waals surface area (Å²) in [5.74, 6) is 0.897. The second kappa shape index (κ2) is 10.2. The van der Waals surface area contributed by atoms with Crippen LogP contribution >= 0.6 is 0 Å². The normalized spacial score (nSPS) is 11.4. The number of carbonyl (C=O) groups is 2. The maximum absolute atomic E-state index is 12.8. The molecule has 2 aromatic carbocycles. The van der Waals surface area contributed by atoms with Crippen molar-refractivity contribution in [1.29, 1.82) is 0 Å².